The molecule has 4 rings (SSSR count). The van der Waals surface area contributed by atoms with Crippen LogP contribution in [0.5, 0.6) is 0 Å². The molecule has 0 aliphatic carbocycles. The molecule has 32 heavy (non-hydrogen) atoms. The lowest BCUT2D eigenvalue weighted by Crippen LogP contribution is -2.36. The van der Waals surface area contributed by atoms with Crippen LogP contribution in [-0.2, 0) is 17.9 Å². The Kier molecular flexibility index (Phi) is 8.61. The number of aliphatic imine (C=N–C) groups is 1. The van der Waals surface area contributed by atoms with Crippen LogP contribution in [-0.4, -0.2) is 30.4 Å². The summed E-state index contributed by atoms with van der Waals surface area (Å²) >= 11 is 0. The van der Waals surface area contributed by atoms with E-state index < -0.39 is 0 Å². The maximum atomic E-state index is 11.9. The summed E-state index contributed by atoms with van der Waals surface area (Å²) in [5.74, 6) is 0.949. The molecule has 166 valence electrons. The van der Waals surface area contributed by atoms with Gasteiger partial charge >= 0.3 is 0 Å². The second-order valence-corrected chi connectivity index (χ2v) is 7.51. The molecule has 1 fully saturated rings. The molecule has 1 amide bonds. The summed E-state index contributed by atoms with van der Waals surface area (Å²) in [6, 6.07) is 22.4. The normalized spacial score (nSPS) is 13.6. The molecule has 0 radical (unpaired) electrons. The predicted molar refractivity (Wildman–Crippen MR) is 140 cm³/mol. The lowest BCUT2D eigenvalue weighted by Gasteiger charge is -2.16. The number of halogens is 1. The van der Waals surface area contributed by atoms with Crippen molar-refractivity contribution in [3.8, 4) is 11.3 Å². The molecule has 0 spiro atoms. The van der Waals surface area contributed by atoms with Crippen molar-refractivity contribution in [1.29, 1.82) is 0 Å². The van der Waals surface area contributed by atoms with Gasteiger partial charge in [-0.15, -0.1) is 24.0 Å². The summed E-state index contributed by atoms with van der Waals surface area (Å²) in [5.41, 5.74) is 5.33. The van der Waals surface area contributed by atoms with Crippen molar-refractivity contribution in [2.24, 2.45) is 4.99 Å². The zero-order valence-corrected chi connectivity index (χ0v) is 20.5. The highest BCUT2D eigenvalue weighted by Gasteiger charge is 2.21. The van der Waals surface area contributed by atoms with Gasteiger partial charge in [0.25, 0.3) is 0 Å². The number of amides is 1. The van der Waals surface area contributed by atoms with Crippen LogP contribution in [0.2, 0.25) is 0 Å². The first-order valence-corrected chi connectivity index (χ1v) is 10.6. The molecule has 1 aliphatic rings. The van der Waals surface area contributed by atoms with Gasteiger partial charge in [-0.25, -0.2) is 0 Å². The number of carbonyl (C=O) groups excluding carboxylic acids is 1. The first-order valence-electron chi connectivity index (χ1n) is 10.6. The van der Waals surface area contributed by atoms with Crippen LogP contribution < -0.4 is 15.5 Å². The molecule has 1 aliphatic heterocycles. The summed E-state index contributed by atoms with van der Waals surface area (Å²) in [7, 11) is 1.77. The topological polar surface area (TPSA) is 69.6 Å². The van der Waals surface area contributed by atoms with Gasteiger partial charge in [-0.1, -0.05) is 36.4 Å². The Morgan fingerprint density at radius 3 is 2.44 bits per heavy atom. The molecular weight excluding hydrogens is 513 g/mol. The van der Waals surface area contributed by atoms with Gasteiger partial charge in [0.2, 0.25) is 5.91 Å². The molecule has 6 nitrogen and oxygen atoms in total. The fraction of sp³-hybridized carbons (Fsp3) is 0.240. The van der Waals surface area contributed by atoms with Crippen molar-refractivity contribution < 1.29 is 4.79 Å². The monoisotopic (exact) mass is 541 g/mol. The number of nitrogens with one attached hydrogen (secondary N) is 2. The van der Waals surface area contributed by atoms with Crippen molar-refractivity contribution in [1.82, 2.24) is 15.6 Å². The summed E-state index contributed by atoms with van der Waals surface area (Å²) in [5, 5.41) is 6.71. The second kappa shape index (κ2) is 11.6. The number of hydrogen-bond acceptors (Lipinski definition) is 3. The summed E-state index contributed by atoms with van der Waals surface area (Å²) in [4.78, 5) is 22.5. The van der Waals surface area contributed by atoms with Crippen LogP contribution >= 0.6 is 24.0 Å². The Balaban J connectivity index is 0.00000289. The van der Waals surface area contributed by atoms with Gasteiger partial charge in [0.05, 0.1) is 5.69 Å². The van der Waals surface area contributed by atoms with Crippen molar-refractivity contribution >= 4 is 41.5 Å². The zero-order valence-electron chi connectivity index (χ0n) is 18.1. The minimum atomic E-state index is 0. The quantitative estimate of drug-likeness (QED) is 0.277. The van der Waals surface area contributed by atoms with Crippen molar-refractivity contribution in [2.75, 3.05) is 18.5 Å². The maximum Gasteiger partial charge on any atom is 0.227 e. The predicted octanol–water partition coefficient (Wildman–Crippen LogP) is 4.36. The maximum absolute atomic E-state index is 11.9. The van der Waals surface area contributed by atoms with Gasteiger partial charge in [-0.2, -0.15) is 0 Å². The number of benzene rings is 2. The van der Waals surface area contributed by atoms with E-state index in [1.807, 2.05) is 47.5 Å². The highest BCUT2D eigenvalue weighted by atomic mass is 127. The number of hydrogen-bond donors (Lipinski definition) is 2. The Bertz CT molecular complexity index is 1050. The van der Waals surface area contributed by atoms with Crippen LogP contribution in [0.25, 0.3) is 11.3 Å². The van der Waals surface area contributed by atoms with Gasteiger partial charge in [0.15, 0.2) is 5.96 Å². The van der Waals surface area contributed by atoms with Gasteiger partial charge in [-0.3, -0.25) is 14.8 Å². The molecule has 1 aromatic heterocycles. The molecule has 0 saturated carbocycles. The van der Waals surface area contributed by atoms with E-state index in [4.69, 9.17) is 0 Å². The van der Waals surface area contributed by atoms with E-state index in [0.717, 1.165) is 47.0 Å². The first-order chi connectivity index (χ1) is 15.2. The molecule has 2 heterocycles. The number of carbonyl (C=O) groups is 1. The fourth-order valence-electron chi connectivity index (χ4n) is 3.68. The van der Waals surface area contributed by atoms with Crippen LogP contribution in [0.15, 0.2) is 77.9 Å². The van der Waals surface area contributed by atoms with Crippen molar-refractivity contribution in [2.45, 2.75) is 25.9 Å². The molecule has 7 heteroatoms. The lowest BCUT2D eigenvalue weighted by molar-refractivity contribution is -0.117. The molecule has 0 atom stereocenters. The van der Waals surface area contributed by atoms with E-state index in [9.17, 15) is 4.79 Å². The molecule has 2 aromatic carbocycles. The van der Waals surface area contributed by atoms with E-state index in [1.165, 1.54) is 0 Å². The summed E-state index contributed by atoms with van der Waals surface area (Å²) < 4.78 is 0. The first kappa shape index (κ1) is 23.7. The molecule has 2 N–H and O–H groups in total. The number of nitrogens with zero attached hydrogens (tertiary/aromatic N) is 3. The Morgan fingerprint density at radius 1 is 1.00 bits per heavy atom. The average molecular weight is 541 g/mol. The van der Waals surface area contributed by atoms with Gasteiger partial charge < -0.3 is 15.5 Å². The Hall–Kier alpha value is -2.94. The van der Waals surface area contributed by atoms with Crippen LogP contribution in [0.4, 0.5) is 5.69 Å². The molecule has 0 bridgehead atoms. The molecular formula is C25H28IN5O. The zero-order chi connectivity index (χ0) is 21.5. The van der Waals surface area contributed by atoms with E-state index >= 15 is 0 Å². The van der Waals surface area contributed by atoms with Crippen LogP contribution in [0.3, 0.4) is 0 Å². The number of guanidine groups is 1. The summed E-state index contributed by atoms with van der Waals surface area (Å²) in [6.45, 7) is 2.13. The Morgan fingerprint density at radius 2 is 1.78 bits per heavy atom. The number of aromatic nitrogens is 1. The van der Waals surface area contributed by atoms with Gasteiger partial charge in [0, 0.05) is 50.6 Å². The third-order valence-electron chi connectivity index (χ3n) is 5.35. The Labute approximate surface area is 206 Å². The third-order valence-corrected chi connectivity index (χ3v) is 5.35. The van der Waals surface area contributed by atoms with Crippen molar-refractivity contribution in [3.63, 3.8) is 0 Å². The second-order valence-electron chi connectivity index (χ2n) is 7.51. The minimum absolute atomic E-state index is 0. The van der Waals surface area contributed by atoms with Crippen LogP contribution in [0.1, 0.15) is 24.0 Å². The number of anilines is 1. The van der Waals surface area contributed by atoms with Gasteiger partial charge in [-0.05, 0) is 47.9 Å². The van der Waals surface area contributed by atoms with E-state index in [-0.39, 0.29) is 29.9 Å². The smallest absolute Gasteiger partial charge is 0.227 e. The highest BCUT2D eigenvalue weighted by molar-refractivity contribution is 14.0. The third kappa shape index (κ3) is 6.06. The largest absolute Gasteiger partial charge is 0.352 e. The minimum Gasteiger partial charge on any atom is -0.352 e. The van der Waals surface area contributed by atoms with E-state index in [0.29, 0.717) is 19.5 Å². The van der Waals surface area contributed by atoms with E-state index in [2.05, 4.69) is 50.9 Å². The number of pyridine rings is 1. The standard InChI is InChI=1S/C25H27N5O.HI/c1-26-25(28-17-19-10-12-22(13-11-19)30-15-5-9-24(30)31)29-18-20-6-4-7-21(16-20)23-8-2-3-14-27-23;/h2-4,6-8,10-14,16H,5,9,15,17-18H2,1H3,(H2,26,28,29);1H. The number of rotatable bonds is 6. The lowest BCUT2D eigenvalue weighted by atomic mass is 10.1. The molecule has 0 unspecified atom stereocenters. The highest BCUT2D eigenvalue weighted by Crippen LogP contribution is 2.21. The van der Waals surface area contributed by atoms with Crippen molar-refractivity contribution in [3.05, 3.63) is 84.1 Å². The molecule has 3 aromatic rings. The summed E-state index contributed by atoms with van der Waals surface area (Å²) in [6.07, 6.45) is 3.40. The van der Waals surface area contributed by atoms with Gasteiger partial charge in [0.1, 0.15) is 0 Å². The fourth-order valence-corrected chi connectivity index (χ4v) is 3.68. The average Bonchev–Trinajstić information content (AvgIpc) is 3.26. The van der Waals surface area contributed by atoms with Crippen LogP contribution in [0, 0.1) is 0 Å². The molecule has 1 saturated heterocycles. The van der Waals surface area contributed by atoms with E-state index in [1.54, 1.807) is 7.05 Å². The SMILES string of the molecule is CN=C(NCc1ccc(N2CCCC2=O)cc1)NCc1cccc(-c2ccccn2)c1.I.